The maximum Gasteiger partial charge on any atom is 0.178 e. The predicted molar refractivity (Wildman–Crippen MR) is 59.6 cm³/mol. The summed E-state index contributed by atoms with van der Waals surface area (Å²) in [6, 6.07) is 3.82. The van der Waals surface area contributed by atoms with E-state index in [-0.39, 0.29) is 5.54 Å². The average Bonchev–Trinajstić information content (AvgIpc) is 2.61. The van der Waals surface area contributed by atoms with Crippen molar-refractivity contribution in [2.24, 2.45) is 0 Å². The third-order valence-electron chi connectivity index (χ3n) is 2.64. The van der Waals surface area contributed by atoms with Crippen molar-refractivity contribution in [3.05, 3.63) is 18.3 Å². The Morgan fingerprint density at radius 1 is 1.40 bits per heavy atom. The number of pyridine rings is 1. The van der Waals surface area contributed by atoms with Crippen molar-refractivity contribution < 1.29 is 0 Å². The quantitative estimate of drug-likeness (QED) is 0.770. The van der Waals surface area contributed by atoms with E-state index in [2.05, 4.69) is 36.1 Å². The molecular formula is C11H16N4. The standard InChI is InChI=1S/C11H16N4/c1-4-7-11(2,3)15-10-9(13-14-15)6-5-8-12-10/h5-6,8H,4,7H2,1-3H3. The lowest BCUT2D eigenvalue weighted by Crippen LogP contribution is -2.27. The van der Waals surface area contributed by atoms with Crippen molar-refractivity contribution in [3.8, 4) is 0 Å². The zero-order valence-corrected chi connectivity index (χ0v) is 9.44. The van der Waals surface area contributed by atoms with Gasteiger partial charge in [-0.3, -0.25) is 0 Å². The minimum atomic E-state index is -0.0160. The van der Waals surface area contributed by atoms with Crippen LogP contribution in [0.1, 0.15) is 33.6 Å². The molecule has 0 saturated carbocycles. The molecule has 0 fully saturated rings. The first kappa shape index (κ1) is 10.1. The molecule has 2 heterocycles. The zero-order chi connectivity index (χ0) is 10.9. The van der Waals surface area contributed by atoms with Gasteiger partial charge in [-0.25, -0.2) is 9.67 Å². The van der Waals surface area contributed by atoms with E-state index in [1.54, 1.807) is 6.20 Å². The van der Waals surface area contributed by atoms with Crippen LogP contribution in [0.25, 0.3) is 11.2 Å². The molecule has 0 N–H and O–H groups in total. The van der Waals surface area contributed by atoms with Crippen molar-refractivity contribution in [1.29, 1.82) is 0 Å². The van der Waals surface area contributed by atoms with Gasteiger partial charge in [0.05, 0.1) is 5.54 Å². The Bertz CT molecular complexity index is 458. The molecule has 0 saturated heterocycles. The highest BCUT2D eigenvalue weighted by Crippen LogP contribution is 2.23. The van der Waals surface area contributed by atoms with E-state index in [9.17, 15) is 0 Å². The minimum absolute atomic E-state index is 0.0160. The van der Waals surface area contributed by atoms with Crippen LogP contribution < -0.4 is 0 Å². The van der Waals surface area contributed by atoms with E-state index in [4.69, 9.17) is 0 Å². The first-order chi connectivity index (χ1) is 7.15. The summed E-state index contributed by atoms with van der Waals surface area (Å²) in [5.74, 6) is 0. The molecule has 0 bridgehead atoms. The lowest BCUT2D eigenvalue weighted by atomic mass is 9.99. The smallest absolute Gasteiger partial charge is 0.178 e. The number of aromatic nitrogens is 4. The van der Waals surface area contributed by atoms with Gasteiger partial charge in [0.2, 0.25) is 0 Å². The maximum absolute atomic E-state index is 4.33. The summed E-state index contributed by atoms with van der Waals surface area (Å²) in [7, 11) is 0. The van der Waals surface area contributed by atoms with Crippen LogP contribution in [0.15, 0.2) is 18.3 Å². The Hall–Kier alpha value is -1.45. The molecule has 0 atom stereocenters. The number of hydrogen-bond donors (Lipinski definition) is 0. The first-order valence-electron chi connectivity index (χ1n) is 5.32. The van der Waals surface area contributed by atoms with Crippen LogP contribution in [-0.4, -0.2) is 20.0 Å². The summed E-state index contributed by atoms with van der Waals surface area (Å²) in [5.41, 5.74) is 1.72. The first-order valence-corrected chi connectivity index (χ1v) is 5.32. The summed E-state index contributed by atoms with van der Waals surface area (Å²) < 4.78 is 1.92. The summed E-state index contributed by atoms with van der Waals surface area (Å²) in [6.45, 7) is 6.51. The zero-order valence-electron chi connectivity index (χ0n) is 9.44. The second-order valence-corrected chi connectivity index (χ2v) is 4.41. The van der Waals surface area contributed by atoms with Gasteiger partial charge in [0.1, 0.15) is 5.52 Å². The summed E-state index contributed by atoms with van der Waals surface area (Å²) in [4.78, 5) is 4.33. The highest BCUT2D eigenvalue weighted by Gasteiger charge is 2.23. The van der Waals surface area contributed by atoms with Gasteiger partial charge in [0.25, 0.3) is 0 Å². The molecule has 0 unspecified atom stereocenters. The van der Waals surface area contributed by atoms with Crippen molar-refractivity contribution in [2.75, 3.05) is 0 Å². The highest BCUT2D eigenvalue weighted by atomic mass is 15.5. The molecule has 0 aliphatic heterocycles. The Balaban J connectivity index is 2.52. The molecule has 0 aliphatic rings. The second kappa shape index (κ2) is 3.61. The third-order valence-corrected chi connectivity index (χ3v) is 2.64. The molecule has 2 rings (SSSR count). The molecule has 15 heavy (non-hydrogen) atoms. The molecule has 0 aliphatic carbocycles. The van der Waals surface area contributed by atoms with Crippen LogP contribution >= 0.6 is 0 Å². The van der Waals surface area contributed by atoms with Gasteiger partial charge >= 0.3 is 0 Å². The van der Waals surface area contributed by atoms with Gasteiger partial charge in [0, 0.05) is 6.20 Å². The number of fused-ring (bicyclic) bond motifs is 1. The van der Waals surface area contributed by atoms with Gasteiger partial charge in [-0.2, -0.15) is 0 Å². The van der Waals surface area contributed by atoms with E-state index in [0.29, 0.717) is 0 Å². The molecule has 0 amide bonds. The van der Waals surface area contributed by atoms with Crippen molar-refractivity contribution in [3.63, 3.8) is 0 Å². The number of hydrogen-bond acceptors (Lipinski definition) is 3. The molecule has 0 radical (unpaired) electrons. The van der Waals surface area contributed by atoms with Gasteiger partial charge in [-0.1, -0.05) is 18.6 Å². The lowest BCUT2D eigenvalue weighted by Gasteiger charge is -2.24. The van der Waals surface area contributed by atoms with Gasteiger partial charge in [-0.15, -0.1) is 5.10 Å². The van der Waals surface area contributed by atoms with Crippen molar-refractivity contribution in [1.82, 2.24) is 20.0 Å². The Morgan fingerprint density at radius 3 is 2.93 bits per heavy atom. The average molecular weight is 204 g/mol. The molecule has 2 aromatic rings. The fourth-order valence-corrected chi connectivity index (χ4v) is 1.89. The summed E-state index contributed by atoms with van der Waals surface area (Å²) in [6.07, 6.45) is 3.98. The van der Waals surface area contributed by atoms with Crippen LogP contribution in [0.3, 0.4) is 0 Å². The minimum Gasteiger partial charge on any atom is -0.235 e. The fourth-order valence-electron chi connectivity index (χ4n) is 1.89. The molecule has 0 spiro atoms. The number of nitrogens with zero attached hydrogens (tertiary/aromatic N) is 4. The van der Waals surface area contributed by atoms with E-state index in [1.807, 2.05) is 16.8 Å². The van der Waals surface area contributed by atoms with Gasteiger partial charge < -0.3 is 0 Å². The monoisotopic (exact) mass is 204 g/mol. The molecule has 2 aromatic heterocycles. The van der Waals surface area contributed by atoms with Gasteiger partial charge in [-0.05, 0) is 32.4 Å². The maximum atomic E-state index is 4.33. The Kier molecular flexibility index (Phi) is 2.42. The Labute approximate surface area is 89.3 Å². The SMILES string of the molecule is CCCC(C)(C)n1nnc2cccnc21. The molecule has 0 aromatic carbocycles. The van der Waals surface area contributed by atoms with Crippen LogP contribution in [-0.2, 0) is 5.54 Å². The normalized spacial score (nSPS) is 12.2. The van der Waals surface area contributed by atoms with Crippen molar-refractivity contribution in [2.45, 2.75) is 39.2 Å². The second-order valence-electron chi connectivity index (χ2n) is 4.41. The molecule has 4 nitrogen and oxygen atoms in total. The third kappa shape index (κ3) is 1.71. The van der Waals surface area contributed by atoms with Crippen LogP contribution in [0, 0.1) is 0 Å². The van der Waals surface area contributed by atoms with E-state index in [1.165, 1.54) is 0 Å². The van der Waals surface area contributed by atoms with Crippen LogP contribution in [0.2, 0.25) is 0 Å². The van der Waals surface area contributed by atoms with Gasteiger partial charge in [0.15, 0.2) is 5.65 Å². The lowest BCUT2D eigenvalue weighted by molar-refractivity contribution is 0.294. The van der Waals surface area contributed by atoms with E-state index >= 15 is 0 Å². The van der Waals surface area contributed by atoms with E-state index in [0.717, 1.165) is 24.0 Å². The Morgan fingerprint density at radius 2 is 2.20 bits per heavy atom. The molecule has 80 valence electrons. The summed E-state index contributed by atoms with van der Waals surface area (Å²) >= 11 is 0. The van der Waals surface area contributed by atoms with Crippen LogP contribution in [0.4, 0.5) is 0 Å². The van der Waals surface area contributed by atoms with Crippen molar-refractivity contribution >= 4 is 11.2 Å². The topological polar surface area (TPSA) is 43.6 Å². The highest BCUT2D eigenvalue weighted by molar-refractivity contribution is 5.69. The van der Waals surface area contributed by atoms with Crippen LogP contribution in [0.5, 0.6) is 0 Å². The molecule has 4 heteroatoms. The largest absolute Gasteiger partial charge is 0.235 e. The molecular weight excluding hydrogens is 188 g/mol. The predicted octanol–water partition coefficient (Wildman–Crippen LogP) is 2.36. The van der Waals surface area contributed by atoms with E-state index < -0.39 is 0 Å². The summed E-state index contributed by atoms with van der Waals surface area (Å²) in [5, 5.41) is 8.31. The fraction of sp³-hybridized carbons (Fsp3) is 0.545. The number of rotatable bonds is 3.